The maximum absolute atomic E-state index is 12.1. The van der Waals surface area contributed by atoms with Gasteiger partial charge in [0.05, 0.1) is 13.0 Å². The number of carbonyl (C=O) groups excluding carboxylic acids is 1. The lowest BCUT2D eigenvalue weighted by Gasteiger charge is -2.17. The Labute approximate surface area is 282 Å². The Hall–Kier alpha value is -1.35. The molecule has 0 fully saturated rings. The fourth-order valence-corrected chi connectivity index (χ4v) is 5.92. The molecule has 0 radical (unpaired) electrons. The van der Waals surface area contributed by atoms with Crippen LogP contribution in [0.1, 0.15) is 200 Å². The molecule has 0 aliphatic heterocycles. The number of unbranched alkanes of at least 4 members (excludes halogenated alkanes) is 21. The normalized spacial score (nSPS) is 12.7. The Kier molecular flexibility index (Phi) is 37.7. The molecule has 0 heterocycles. The maximum atomic E-state index is 12.1. The van der Waals surface area contributed by atoms with Crippen molar-refractivity contribution in [2.45, 2.75) is 200 Å². The second kappa shape index (κ2) is 38.8. The van der Waals surface area contributed by atoms with Crippen LogP contribution < -0.4 is 5.32 Å². The molecule has 3 heteroatoms. The van der Waals surface area contributed by atoms with Crippen molar-refractivity contribution < 1.29 is 9.53 Å². The third-order valence-electron chi connectivity index (χ3n) is 9.00. The van der Waals surface area contributed by atoms with Crippen LogP contribution in [-0.2, 0) is 9.53 Å². The van der Waals surface area contributed by atoms with Gasteiger partial charge in [-0.25, -0.2) is 0 Å². The molecule has 1 N–H and O–H groups in total. The molecule has 1 atom stereocenters. The smallest absolute Gasteiger partial charge is 0.307 e. The van der Waals surface area contributed by atoms with Gasteiger partial charge in [0.25, 0.3) is 0 Å². The lowest BCUT2D eigenvalue weighted by Crippen LogP contribution is -2.18. The van der Waals surface area contributed by atoms with Gasteiger partial charge in [0.1, 0.15) is 0 Å². The molecule has 0 aliphatic rings. The van der Waals surface area contributed by atoms with Crippen molar-refractivity contribution in [1.82, 2.24) is 5.32 Å². The lowest BCUT2D eigenvalue weighted by atomic mass is 9.94. The van der Waals surface area contributed by atoms with Gasteiger partial charge in [0.2, 0.25) is 0 Å². The first-order valence-electron chi connectivity index (χ1n) is 20.0. The molecule has 0 spiro atoms. The second-order valence-electron chi connectivity index (χ2n) is 13.5. The summed E-state index contributed by atoms with van der Waals surface area (Å²) >= 11 is 0. The van der Waals surface area contributed by atoms with Crippen LogP contribution in [0.5, 0.6) is 0 Å². The van der Waals surface area contributed by atoms with Crippen molar-refractivity contribution in [2.24, 2.45) is 5.92 Å². The SMILES string of the molecule is CCCCC/C=C\C/C=C\CCCCCCCCC(CCCCCCCC/C=C\CCCCCCCC)COC(=O)CCNC. The zero-order valence-corrected chi connectivity index (χ0v) is 30.8. The van der Waals surface area contributed by atoms with E-state index in [2.05, 4.69) is 55.6 Å². The molecule has 3 nitrogen and oxygen atoms in total. The summed E-state index contributed by atoms with van der Waals surface area (Å²) in [4.78, 5) is 12.1. The van der Waals surface area contributed by atoms with Crippen LogP contribution >= 0.6 is 0 Å². The summed E-state index contributed by atoms with van der Waals surface area (Å²) in [5.74, 6) is 0.485. The second-order valence-corrected chi connectivity index (χ2v) is 13.5. The minimum atomic E-state index is -0.0487. The fourth-order valence-electron chi connectivity index (χ4n) is 5.92. The molecule has 0 aromatic carbocycles. The quantitative estimate of drug-likeness (QED) is 0.0426. The summed E-state index contributed by atoms with van der Waals surface area (Å²) in [6.45, 7) is 5.87. The van der Waals surface area contributed by atoms with Crippen molar-refractivity contribution >= 4 is 5.97 Å². The largest absolute Gasteiger partial charge is 0.465 e. The minimum absolute atomic E-state index is 0.0487. The van der Waals surface area contributed by atoms with Crippen molar-refractivity contribution in [1.29, 1.82) is 0 Å². The zero-order valence-electron chi connectivity index (χ0n) is 30.8. The predicted octanol–water partition coefficient (Wildman–Crippen LogP) is 13.4. The average Bonchev–Trinajstić information content (AvgIpc) is 3.05. The molecule has 0 aromatic rings. The van der Waals surface area contributed by atoms with Crippen molar-refractivity contribution in [3.63, 3.8) is 0 Å². The summed E-state index contributed by atoms with van der Waals surface area (Å²) in [7, 11) is 1.88. The third-order valence-corrected chi connectivity index (χ3v) is 9.00. The van der Waals surface area contributed by atoms with Gasteiger partial charge in [-0.1, -0.05) is 159 Å². The molecule has 0 bridgehead atoms. The Morgan fingerprint density at radius 1 is 0.533 bits per heavy atom. The van der Waals surface area contributed by atoms with Crippen LogP contribution in [-0.4, -0.2) is 26.2 Å². The zero-order chi connectivity index (χ0) is 32.7. The van der Waals surface area contributed by atoms with Gasteiger partial charge in [-0.2, -0.15) is 0 Å². The molecular formula is C42H79NO2. The van der Waals surface area contributed by atoms with Crippen LogP contribution in [0.4, 0.5) is 0 Å². The molecule has 0 rings (SSSR count). The van der Waals surface area contributed by atoms with E-state index in [1.165, 1.54) is 173 Å². The molecule has 45 heavy (non-hydrogen) atoms. The van der Waals surface area contributed by atoms with E-state index in [0.717, 1.165) is 6.42 Å². The number of carbonyl (C=O) groups is 1. The minimum Gasteiger partial charge on any atom is -0.465 e. The Balaban J connectivity index is 3.90. The summed E-state index contributed by atoms with van der Waals surface area (Å²) in [5, 5.41) is 3.05. The Bertz CT molecular complexity index is 668. The fraction of sp³-hybridized carbons (Fsp3) is 0.833. The first-order chi connectivity index (χ1) is 22.2. The number of nitrogens with one attached hydrogen (secondary N) is 1. The van der Waals surface area contributed by atoms with Crippen LogP contribution in [0.3, 0.4) is 0 Å². The van der Waals surface area contributed by atoms with Gasteiger partial charge >= 0.3 is 5.97 Å². The maximum Gasteiger partial charge on any atom is 0.307 e. The number of rotatable bonds is 36. The van der Waals surface area contributed by atoms with E-state index in [9.17, 15) is 4.79 Å². The Morgan fingerprint density at radius 3 is 1.38 bits per heavy atom. The van der Waals surface area contributed by atoms with E-state index in [0.29, 0.717) is 25.5 Å². The van der Waals surface area contributed by atoms with Gasteiger partial charge in [-0.3, -0.25) is 4.79 Å². The van der Waals surface area contributed by atoms with Gasteiger partial charge in [-0.05, 0) is 83.6 Å². The molecule has 264 valence electrons. The molecular weight excluding hydrogens is 550 g/mol. The Morgan fingerprint density at radius 2 is 0.911 bits per heavy atom. The monoisotopic (exact) mass is 630 g/mol. The van der Waals surface area contributed by atoms with Crippen LogP contribution in [0.15, 0.2) is 36.5 Å². The van der Waals surface area contributed by atoms with Crippen LogP contribution in [0, 0.1) is 5.92 Å². The topological polar surface area (TPSA) is 38.3 Å². The standard InChI is InChI=1S/C42H79NO2/c1-4-6-8-10-12-14-16-18-20-22-24-26-28-30-32-34-36-41(40-45-42(44)38-39-43-3)37-35-33-31-29-27-25-23-21-19-17-15-13-11-9-7-5-2/h12,14,18-21,41,43H,4-11,13,15-17,22-40H2,1-3H3/b14-12-,20-18-,21-19-. The number of hydrogen-bond acceptors (Lipinski definition) is 3. The predicted molar refractivity (Wildman–Crippen MR) is 201 cm³/mol. The number of ether oxygens (including phenoxy) is 1. The molecule has 0 saturated carbocycles. The molecule has 0 aromatic heterocycles. The van der Waals surface area contributed by atoms with Crippen molar-refractivity contribution in [3.8, 4) is 0 Å². The van der Waals surface area contributed by atoms with E-state index in [1.54, 1.807) is 0 Å². The molecule has 0 saturated heterocycles. The van der Waals surface area contributed by atoms with Crippen LogP contribution in [0.2, 0.25) is 0 Å². The highest BCUT2D eigenvalue weighted by molar-refractivity contribution is 5.69. The van der Waals surface area contributed by atoms with E-state index >= 15 is 0 Å². The van der Waals surface area contributed by atoms with Gasteiger partial charge in [-0.15, -0.1) is 0 Å². The summed E-state index contributed by atoms with van der Waals surface area (Å²) in [5.41, 5.74) is 0. The van der Waals surface area contributed by atoms with Gasteiger partial charge in [0, 0.05) is 6.54 Å². The lowest BCUT2D eigenvalue weighted by molar-refractivity contribution is -0.145. The van der Waals surface area contributed by atoms with Crippen molar-refractivity contribution in [3.05, 3.63) is 36.5 Å². The summed E-state index contributed by atoms with van der Waals surface area (Å²) in [6.07, 6.45) is 51.5. The number of hydrogen-bond donors (Lipinski definition) is 1. The molecule has 0 amide bonds. The van der Waals surface area contributed by atoms with E-state index in [4.69, 9.17) is 4.74 Å². The van der Waals surface area contributed by atoms with E-state index in [-0.39, 0.29) is 5.97 Å². The van der Waals surface area contributed by atoms with Gasteiger partial charge in [0.15, 0.2) is 0 Å². The van der Waals surface area contributed by atoms with Gasteiger partial charge < -0.3 is 10.1 Å². The summed E-state index contributed by atoms with van der Waals surface area (Å²) < 4.78 is 5.67. The highest BCUT2D eigenvalue weighted by atomic mass is 16.5. The van der Waals surface area contributed by atoms with Crippen LogP contribution in [0.25, 0.3) is 0 Å². The highest BCUT2D eigenvalue weighted by Gasteiger charge is 2.12. The first kappa shape index (κ1) is 43.6. The highest BCUT2D eigenvalue weighted by Crippen LogP contribution is 2.20. The summed E-state index contributed by atoms with van der Waals surface area (Å²) in [6, 6.07) is 0. The average molecular weight is 630 g/mol. The van der Waals surface area contributed by atoms with E-state index < -0.39 is 0 Å². The molecule has 0 aliphatic carbocycles. The van der Waals surface area contributed by atoms with E-state index in [1.807, 2.05) is 7.05 Å². The number of allylic oxidation sites excluding steroid dienone is 6. The third kappa shape index (κ3) is 37.0. The first-order valence-corrected chi connectivity index (χ1v) is 20.0. The number of esters is 1. The van der Waals surface area contributed by atoms with Crippen molar-refractivity contribution in [2.75, 3.05) is 20.2 Å². The molecule has 1 unspecified atom stereocenters.